The molecule has 0 spiro atoms. The number of hydrogen-bond donors (Lipinski definition) is 3. The zero-order chi connectivity index (χ0) is 30.4. The number of Topliss-reactive ketones (excluding diaryl/α,β-unsaturated/α-hetero) is 2. The predicted molar refractivity (Wildman–Crippen MR) is 157 cm³/mol. The van der Waals surface area contributed by atoms with Gasteiger partial charge in [0.1, 0.15) is 0 Å². The molecule has 226 valence electrons. The SMILES string of the molecule is CCC(C)C(=O)NC(C)C(=O)CC(C)C(=O)NC(CC(C)C)C(=O)CC(CC(C)C)C(=O)NC(C)CC(C)C. The summed E-state index contributed by atoms with van der Waals surface area (Å²) in [4.78, 5) is 64.4. The molecule has 0 fully saturated rings. The van der Waals surface area contributed by atoms with Gasteiger partial charge in [0.2, 0.25) is 17.7 Å². The lowest BCUT2D eigenvalue weighted by atomic mass is 9.87. The normalized spacial score (nSPS) is 16.3. The summed E-state index contributed by atoms with van der Waals surface area (Å²) in [5.74, 6) is -1.55. The molecule has 0 aromatic heterocycles. The fourth-order valence-corrected chi connectivity index (χ4v) is 4.61. The van der Waals surface area contributed by atoms with Crippen LogP contribution in [-0.4, -0.2) is 47.4 Å². The van der Waals surface area contributed by atoms with Crippen molar-refractivity contribution in [1.29, 1.82) is 0 Å². The van der Waals surface area contributed by atoms with Gasteiger partial charge in [-0.05, 0) is 57.3 Å². The van der Waals surface area contributed by atoms with Crippen LogP contribution < -0.4 is 16.0 Å². The van der Waals surface area contributed by atoms with Gasteiger partial charge in [0, 0.05) is 36.6 Å². The third-order valence-electron chi connectivity index (χ3n) is 7.06. The summed E-state index contributed by atoms with van der Waals surface area (Å²) in [5.41, 5.74) is 0. The average molecular weight is 552 g/mol. The first kappa shape index (κ1) is 36.8. The maximum atomic E-state index is 13.4. The van der Waals surface area contributed by atoms with Crippen LogP contribution in [0.1, 0.15) is 115 Å². The molecule has 0 aliphatic heterocycles. The Bertz CT molecular complexity index is 808. The number of ketones is 2. The second-order valence-corrected chi connectivity index (χ2v) is 12.8. The van der Waals surface area contributed by atoms with Crippen LogP contribution in [-0.2, 0) is 24.0 Å². The Hall–Kier alpha value is -2.25. The maximum absolute atomic E-state index is 13.4. The molecule has 0 radical (unpaired) electrons. The van der Waals surface area contributed by atoms with Crippen molar-refractivity contribution in [2.75, 3.05) is 0 Å². The van der Waals surface area contributed by atoms with Gasteiger partial charge in [-0.15, -0.1) is 0 Å². The molecule has 0 rings (SSSR count). The summed E-state index contributed by atoms with van der Waals surface area (Å²) >= 11 is 0. The smallest absolute Gasteiger partial charge is 0.223 e. The van der Waals surface area contributed by atoms with Gasteiger partial charge in [0.15, 0.2) is 11.6 Å². The lowest BCUT2D eigenvalue weighted by Crippen LogP contribution is -2.47. The minimum absolute atomic E-state index is 0.0178. The first-order chi connectivity index (χ1) is 18.0. The van der Waals surface area contributed by atoms with Crippen LogP contribution in [0.15, 0.2) is 0 Å². The zero-order valence-electron chi connectivity index (χ0n) is 26.5. The van der Waals surface area contributed by atoms with Gasteiger partial charge < -0.3 is 16.0 Å². The summed E-state index contributed by atoms with van der Waals surface area (Å²) in [7, 11) is 0. The molecule has 39 heavy (non-hydrogen) atoms. The molecule has 3 N–H and O–H groups in total. The monoisotopic (exact) mass is 551 g/mol. The van der Waals surface area contributed by atoms with Crippen LogP contribution >= 0.6 is 0 Å². The van der Waals surface area contributed by atoms with Gasteiger partial charge in [-0.25, -0.2) is 0 Å². The fourth-order valence-electron chi connectivity index (χ4n) is 4.61. The summed E-state index contributed by atoms with van der Waals surface area (Å²) < 4.78 is 0. The summed E-state index contributed by atoms with van der Waals surface area (Å²) in [5, 5.41) is 8.65. The van der Waals surface area contributed by atoms with Crippen LogP contribution in [0.3, 0.4) is 0 Å². The number of rotatable bonds is 19. The standard InChI is InChI=1S/C31H57N3O5/c1-12-21(8)29(37)33-24(11)27(35)16-22(9)30(38)34-26(15-20(6)7)28(36)17-25(14-19(4)5)31(39)32-23(10)13-18(2)3/h18-26H,12-17H2,1-11H3,(H,32,39)(H,33,37)(H,34,38). The maximum Gasteiger partial charge on any atom is 0.223 e. The van der Waals surface area contributed by atoms with Crippen LogP contribution in [0, 0.1) is 35.5 Å². The van der Waals surface area contributed by atoms with E-state index >= 15 is 0 Å². The molecular formula is C31H57N3O5. The third kappa shape index (κ3) is 15.2. The molecule has 3 amide bonds. The van der Waals surface area contributed by atoms with E-state index < -0.39 is 23.9 Å². The Morgan fingerprint density at radius 2 is 1.05 bits per heavy atom. The van der Waals surface area contributed by atoms with Crippen LogP contribution in [0.4, 0.5) is 0 Å². The summed E-state index contributed by atoms with van der Waals surface area (Å²) in [6.45, 7) is 21.2. The van der Waals surface area contributed by atoms with E-state index in [1.807, 2.05) is 41.5 Å². The first-order valence-electron chi connectivity index (χ1n) is 14.9. The molecule has 0 aromatic rings. The van der Waals surface area contributed by atoms with Gasteiger partial charge in [-0.1, -0.05) is 62.3 Å². The molecule has 0 aromatic carbocycles. The summed E-state index contributed by atoms with van der Waals surface area (Å²) in [6, 6.07) is -1.40. The number of nitrogens with one attached hydrogen (secondary N) is 3. The number of carbonyl (C=O) groups is 5. The molecule has 0 saturated carbocycles. The molecule has 0 bridgehead atoms. The van der Waals surface area contributed by atoms with Crippen molar-refractivity contribution in [3.05, 3.63) is 0 Å². The van der Waals surface area contributed by atoms with E-state index in [1.54, 1.807) is 20.8 Å². The van der Waals surface area contributed by atoms with Gasteiger partial charge in [0.05, 0.1) is 12.1 Å². The van der Waals surface area contributed by atoms with E-state index in [0.29, 0.717) is 25.2 Å². The van der Waals surface area contributed by atoms with Gasteiger partial charge in [0.25, 0.3) is 0 Å². The second kappa shape index (κ2) is 18.2. The Kier molecular flexibility index (Phi) is 17.1. The van der Waals surface area contributed by atoms with Crippen molar-refractivity contribution in [2.24, 2.45) is 35.5 Å². The molecule has 0 aliphatic rings. The highest BCUT2D eigenvalue weighted by atomic mass is 16.2. The molecular weight excluding hydrogens is 494 g/mol. The van der Waals surface area contributed by atoms with Crippen LogP contribution in [0.2, 0.25) is 0 Å². The van der Waals surface area contributed by atoms with Crippen LogP contribution in [0.5, 0.6) is 0 Å². The molecule has 0 saturated heterocycles. The quantitative estimate of drug-likeness (QED) is 0.212. The van der Waals surface area contributed by atoms with Crippen molar-refractivity contribution >= 4 is 29.3 Å². The van der Waals surface area contributed by atoms with Crippen molar-refractivity contribution in [3.63, 3.8) is 0 Å². The minimum Gasteiger partial charge on any atom is -0.353 e. The largest absolute Gasteiger partial charge is 0.353 e. The Labute approximate surface area is 237 Å². The highest BCUT2D eigenvalue weighted by Gasteiger charge is 2.31. The molecule has 6 unspecified atom stereocenters. The zero-order valence-corrected chi connectivity index (χ0v) is 26.5. The third-order valence-corrected chi connectivity index (χ3v) is 7.06. The Balaban J connectivity index is 5.38. The highest BCUT2D eigenvalue weighted by Crippen LogP contribution is 2.20. The van der Waals surface area contributed by atoms with E-state index in [4.69, 9.17) is 0 Å². The van der Waals surface area contributed by atoms with Gasteiger partial charge >= 0.3 is 0 Å². The number of hydrogen-bond acceptors (Lipinski definition) is 5. The Morgan fingerprint density at radius 3 is 1.54 bits per heavy atom. The second-order valence-electron chi connectivity index (χ2n) is 12.8. The van der Waals surface area contributed by atoms with Crippen molar-refractivity contribution in [2.45, 2.75) is 133 Å². The average Bonchev–Trinajstić information content (AvgIpc) is 2.80. The molecule has 6 atom stereocenters. The highest BCUT2D eigenvalue weighted by molar-refractivity contribution is 5.95. The first-order valence-corrected chi connectivity index (χ1v) is 14.9. The van der Waals surface area contributed by atoms with E-state index in [1.165, 1.54) is 0 Å². The van der Waals surface area contributed by atoms with Crippen molar-refractivity contribution < 1.29 is 24.0 Å². The predicted octanol–water partition coefficient (Wildman–Crippen LogP) is 4.84. The van der Waals surface area contributed by atoms with E-state index in [-0.39, 0.29) is 65.9 Å². The van der Waals surface area contributed by atoms with Crippen LogP contribution in [0.25, 0.3) is 0 Å². The number of amides is 3. The number of carbonyl (C=O) groups excluding carboxylic acids is 5. The molecule has 0 aliphatic carbocycles. The van der Waals surface area contributed by atoms with Crippen molar-refractivity contribution in [1.82, 2.24) is 16.0 Å². The van der Waals surface area contributed by atoms with E-state index in [0.717, 1.165) is 6.42 Å². The molecule has 8 heteroatoms. The lowest BCUT2D eigenvalue weighted by molar-refractivity contribution is -0.134. The fraction of sp³-hybridized carbons (Fsp3) is 0.839. The van der Waals surface area contributed by atoms with E-state index in [2.05, 4.69) is 29.8 Å². The van der Waals surface area contributed by atoms with E-state index in [9.17, 15) is 24.0 Å². The summed E-state index contributed by atoms with van der Waals surface area (Å²) in [6.07, 6.45) is 2.58. The minimum atomic E-state index is -0.729. The van der Waals surface area contributed by atoms with Crippen molar-refractivity contribution in [3.8, 4) is 0 Å². The lowest BCUT2D eigenvalue weighted by Gasteiger charge is -2.26. The topological polar surface area (TPSA) is 121 Å². The molecule has 0 heterocycles. The van der Waals surface area contributed by atoms with Gasteiger partial charge in [-0.3, -0.25) is 24.0 Å². The van der Waals surface area contributed by atoms with Gasteiger partial charge in [-0.2, -0.15) is 0 Å². The Morgan fingerprint density at radius 1 is 0.538 bits per heavy atom. The molecule has 8 nitrogen and oxygen atoms in total.